The van der Waals surface area contributed by atoms with E-state index in [0.29, 0.717) is 0 Å². The van der Waals surface area contributed by atoms with Crippen LogP contribution in [0.5, 0.6) is 0 Å². The second-order valence-electron chi connectivity index (χ2n) is 9.69. The maximum atomic E-state index is 2.41. The van der Waals surface area contributed by atoms with Gasteiger partial charge in [0.15, 0.2) is 12.4 Å². The molecule has 0 bridgehead atoms. The number of nitrogens with zero attached hydrogens (tertiary/aromatic N) is 1. The van der Waals surface area contributed by atoms with Gasteiger partial charge in [0.05, 0.1) is 0 Å². The van der Waals surface area contributed by atoms with Crippen LogP contribution < -0.4 is 4.57 Å². The van der Waals surface area contributed by atoms with Crippen molar-refractivity contribution in [3.63, 3.8) is 0 Å². The highest BCUT2D eigenvalue weighted by molar-refractivity contribution is 5.25. The maximum Gasteiger partial charge on any atom is 0.210 e. The van der Waals surface area contributed by atoms with E-state index in [-0.39, 0.29) is 0 Å². The number of benzene rings is 1. The van der Waals surface area contributed by atoms with Crippen LogP contribution in [-0.2, 0) is 12.8 Å². The number of aromatic nitrogens is 1. The molecule has 0 aliphatic carbocycles. The average Bonchev–Trinajstić information content (AvgIpc) is 2.83. The first-order chi connectivity index (χ1) is 15.8. The Labute approximate surface area is 199 Å². The second-order valence-corrected chi connectivity index (χ2v) is 9.69. The lowest BCUT2D eigenvalue weighted by molar-refractivity contribution is -0.596. The van der Waals surface area contributed by atoms with E-state index in [9.17, 15) is 0 Å². The molecule has 1 heterocycles. The van der Waals surface area contributed by atoms with Gasteiger partial charge in [-0.05, 0) is 31.2 Å². The summed E-state index contributed by atoms with van der Waals surface area (Å²) in [4.78, 5) is 0. The predicted molar refractivity (Wildman–Crippen MR) is 141 cm³/mol. The van der Waals surface area contributed by atoms with E-state index in [0.717, 1.165) is 0 Å². The van der Waals surface area contributed by atoms with Gasteiger partial charge in [-0.3, -0.25) is 0 Å². The summed E-state index contributed by atoms with van der Waals surface area (Å²) >= 11 is 0. The van der Waals surface area contributed by atoms with Crippen molar-refractivity contribution in [3.05, 3.63) is 59.9 Å². The number of aryl methyl sites for hydroxylation is 2. The van der Waals surface area contributed by atoms with Gasteiger partial charge in [-0.2, -0.15) is 4.57 Å². The van der Waals surface area contributed by atoms with Crippen LogP contribution in [0.1, 0.15) is 128 Å². The molecule has 1 aromatic carbocycles. The highest BCUT2D eigenvalue weighted by atomic mass is 14.9. The van der Waals surface area contributed by atoms with Gasteiger partial charge >= 0.3 is 0 Å². The summed E-state index contributed by atoms with van der Waals surface area (Å²) in [5.74, 6) is 0. The quantitative estimate of drug-likeness (QED) is 0.152. The number of unbranched alkanes of at least 4 members (excludes halogenated alkanes) is 14. The Balaban J connectivity index is 1.83. The average molecular weight is 437 g/mol. The molecule has 32 heavy (non-hydrogen) atoms. The number of pyridine rings is 1. The fourth-order valence-corrected chi connectivity index (χ4v) is 4.70. The van der Waals surface area contributed by atoms with E-state index in [1.165, 1.54) is 121 Å². The van der Waals surface area contributed by atoms with Gasteiger partial charge in [-0.1, -0.05) is 122 Å². The minimum Gasteiger partial charge on any atom is -0.167 e. The van der Waals surface area contributed by atoms with Crippen molar-refractivity contribution in [2.75, 3.05) is 0 Å². The molecule has 0 amide bonds. The summed E-state index contributed by atoms with van der Waals surface area (Å²) in [6, 6.07) is 13.2. The molecule has 0 atom stereocenters. The third-order valence-corrected chi connectivity index (χ3v) is 6.80. The molecule has 1 heteroatoms. The van der Waals surface area contributed by atoms with E-state index < -0.39 is 0 Å². The van der Waals surface area contributed by atoms with Gasteiger partial charge in [0.2, 0.25) is 5.69 Å². The van der Waals surface area contributed by atoms with Crippen molar-refractivity contribution in [2.45, 2.75) is 129 Å². The summed E-state index contributed by atoms with van der Waals surface area (Å²) in [7, 11) is 0. The number of hydrogen-bond donors (Lipinski definition) is 0. The van der Waals surface area contributed by atoms with Gasteiger partial charge in [-0.15, -0.1) is 0 Å². The molecule has 1 nitrogen and oxygen atoms in total. The molecule has 0 radical (unpaired) electrons. The lowest BCUT2D eigenvalue weighted by Gasteiger charge is -2.09. The Morgan fingerprint density at radius 2 is 0.969 bits per heavy atom. The van der Waals surface area contributed by atoms with Crippen LogP contribution >= 0.6 is 0 Å². The molecule has 2 rings (SSSR count). The largest absolute Gasteiger partial charge is 0.210 e. The third kappa shape index (κ3) is 11.3. The molecule has 0 aliphatic heterocycles. The van der Waals surface area contributed by atoms with Crippen molar-refractivity contribution >= 4 is 0 Å². The molecule has 0 aliphatic rings. The third-order valence-electron chi connectivity index (χ3n) is 6.80. The van der Waals surface area contributed by atoms with Crippen LogP contribution in [0.25, 0.3) is 5.69 Å². The van der Waals surface area contributed by atoms with Crippen LogP contribution in [0.3, 0.4) is 0 Å². The molecule has 2 aromatic rings. The lowest BCUT2D eigenvalue weighted by Crippen LogP contribution is -2.30. The van der Waals surface area contributed by atoms with Gasteiger partial charge in [-0.25, -0.2) is 0 Å². The summed E-state index contributed by atoms with van der Waals surface area (Å²) in [5, 5.41) is 0. The highest BCUT2D eigenvalue weighted by Crippen LogP contribution is 2.17. The van der Waals surface area contributed by atoms with Crippen LogP contribution in [0.2, 0.25) is 0 Å². The minimum absolute atomic E-state index is 1.23. The van der Waals surface area contributed by atoms with Crippen molar-refractivity contribution in [2.24, 2.45) is 0 Å². The molecule has 0 unspecified atom stereocenters. The zero-order valence-corrected chi connectivity index (χ0v) is 21.3. The standard InChI is InChI=1S/C31H50N/c1-3-5-7-9-11-13-15-18-22-29-26-27-32(31-24-20-17-21-25-31)28-30(29)23-19-16-14-12-10-8-6-4-2/h17,20-21,24-28H,3-16,18-19,22-23H2,1-2H3/q+1. The lowest BCUT2D eigenvalue weighted by atomic mass is 9.97. The van der Waals surface area contributed by atoms with Crippen LogP contribution in [0.4, 0.5) is 0 Å². The van der Waals surface area contributed by atoms with Crippen molar-refractivity contribution in [3.8, 4) is 5.69 Å². The highest BCUT2D eigenvalue weighted by Gasteiger charge is 2.11. The Bertz CT molecular complexity index is 691. The van der Waals surface area contributed by atoms with Crippen molar-refractivity contribution in [1.82, 2.24) is 0 Å². The SMILES string of the molecule is CCCCCCCCCCc1cc[n+](-c2ccccc2)cc1CCCCCCCCCC. The van der Waals surface area contributed by atoms with E-state index >= 15 is 0 Å². The molecule has 0 saturated heterocycles. The first kappa shape index (κ1) is 26.6. The summed E-state index contributed by atoms with van der Waals surface area (Å²) in [6.07, 6.45) is 29.5. The molecule has 1 aromatic heterocycles. The predicted octanol–water partition coefficient (Wildman–Crippen LogP) is 9.33. The Hall–Kier alpha value is -1.63. The Morgan fingerprint density at radius 1 is 0.500 bits per heavy atom. The number of para-hydroxylation sites is 1. The number of rotatable bonds is 19. The van der Waals surface area contributed by atoms with E-state index in [1.54, 1.807) is 11.1 Å². The molecular weight excluding hydrogens is 386 g/mol. The molecule has 0 saturated carbocycles. The number of hydrogen-bond acceptors (Lipinski definition) is 0. The topological polar surface area (TPSA) is 3.88 Å². The first-order valence-electron chi connectivity index (χ1n) is 13.9. The Morgan fingerprint density at radius 3 is 1.50 bits per heavy atom. The van der Waals surface area contributed by atoms with Crippen molar-refractivity contribution in [1.29, 1.82) is 0 Å². The van der Waals surface area contributed by atoms with Crippen LogP contribution in [0.15, 0.2) is 48.8 Å². The van der Waals surface area contributed by atoms with Gasteiger partial charge in [0.1, 0.15) is 0 Å². The van der Waals surface area contributed by atoms with Crippen LogP contribution in [-0.4, -0.2) is 0 Å². The monoisotopic (exact) mass is 436 g/mol. The summed E-state index contributed by atoms with van der Waals surface area (Å²) in [6.45, 7) is 4.60. The fraction of sp³-hybridized carbons (Fsp3) is 0.645. The van der Waals surface area contributed by atoms with E-state index in [2.05, 4.69) is 67.2 Å². The molecule has 0 fully saturated rings. The van der Waals surface area contributed by atoms with Gasteiger partial charge in [0, 0.05) is 23.8 Å². The zero-order valence-electron chi connectivity index (χ0n) is 21.3. The van der Waals surface area contributed by atoms with Gasteiger partial charge < -0.3 is 0 Å². The fourth-order valence-electron chi connectivity index (χ4n) is 4.70. The second kappa shape index (κ2) is 17.9. The van der Waals surface area contributed by atoms with E-state index in [1.807, 2.05) is 0 Å². The normalized spacial score (nSPS) is 11.2. The van der Waals surface area contributed by atoms with E-state index in [4.69, 9.17) is 0 Å². The minimum atomic E-state index is 1.23. The molecule has 0 spiro atoms. The van der Waals surface area contributed by atoms with Crippen molar-refractivity contribution < 1.29 is 4.57 Å². The van der Waals surface area contributed by atoms with Gasteiger partial charge in [0.25, 0.3) is 0 Å². The first-order valence-corrected chi connectivity index (χ1v) is 13.9. The molecule has 0 N–H and O–H groups in total. The maximum absolute atomic E-state index is 2.41. The molecule has 178 valence electrons. The van der Waals surface area contributed by atoms with Crippen LogP contribution in [0, 0.1) is 0 Å². The summed E-state index contributed by atoms with van der Waals surface area (Å²) in [5.41, 5.74) is 4.43. The smallest absolute Gasteiger partial charge is 0.167 e. The summed E-state index contributed by atoms with van der Waals surface area (Å²) < 4.78 is 2.32. The Kier molecular flexibility index (Phi) is 14.9. The molecular formula is C31H50N+. The zero-order chi connectivity index (χ0) is 22.7.